The van der Waals surface area contributed by atoms with Gasteiger partial charge in [-0.05, 0) is 12.5 Å². The summed E-state index contributed by atoms with van der Waals surface area (Å²) in [5.41, 5.74) is -0.815. The molecule has 0 aliphatic carbocycles. The molecule has 3 rings (SSSR count). The Morgan fingerprint density at radius 1 is 1.48 bits per heavy atom. The van der Waals surface area contributed by atoms with E-state index in [9.17, 15) is 19.1 Å². The third-order valence-corrected chi connectivity index (χ3v) is 4.37. The lowest BCUT2D eigenvalue weighted by atomic mass is 9.74. The Balaban J connectivity index is 1.85. The maximum Gasteiger partial charge on any atom is 0.311 e. The molecule has 0 spiro atoms. The second-order valence-electron chi connectivity index (χ2n) is 5.56. The molecular weight excluding hydrogens is 279 g/mol. The van der Waals surface area contributed by atoms with Crippen molar-refractivity contribution in [3.05, 3.63) is 29.8 Å². The molecule has 21 heavy (non-hydrogen) atoms. The van der Waals surface area contributed by atoms with Crippen molar-refractivity contribution < 1.29 is 23.8 Å². The average molecular weight is 294 g/mol. The lowest BCUT2D eigenvalue weighted by Crippen LogP contribution is -2.45. The summed E-state index contributed by atoms with van der Waals surface area (Å²) in [6.07, 6.45) is 2.70. The summed E-state index contributed by atoms with van der Waals surface area (Å²) >= 11 is 0. The molecule has 0 radical (unpaired) electrons. The van der Waals surface area contributed by atoms with Gasteiger partial charge in [0, 0.05) is 31.8 Å². The molecule has 1 amide bonds. The first-order valence-electron chi connectivity index (χ1n) is 6.74. The highest BCUT2D eigenvalue weighted by Crippen LogP contribution is 2.42. The molecule has 6 nitrogen and oxygen atoms in total. The molecule has 2 atom stereocenters. The van der Waals surface area contributed by atoms with Gasteiger partial charge in [-0.3, -0.25) is 14.6 Å². The van der Waals surface area contributed by atoms with Gasteiger partial charge >= 0.3 is 5.97 Å². The minimum absolute atomic E-state index is 0.131. The van der Waals surface area contributed by atoms with Crippen molar-refractivity contribution in [3.63, 3.8) is 0 Å². The van der Waals surface area contributed by atoms with Gasteiger partial charge in [0.2, 0.25) is 0 Å². The van der Waals surface area contributed by atoms with Crippen LogP contribution in [0.1, 0.15) is 16.8 Å². The third-order valence-electron chi connectivity index (χ3n) is 4.37. The highest BCUT2D eigenvalue weighted by Gasteiger charge is 2.54. The Bertz CT molecular complexity index is 594. The van der Waals surface area contributed by atoms with Crippen LogP contribution in [0, 0.1) is 17.2 Å². The number of nitrogens with zero attached hydrogens (tertiary/aromatic N) is 2. The molecule has 1 aromatic heterocycles. The zero-order chi connectivity index (χ0) is 15.0. The van der Waals surface area contributed by atoms with E-state index in [4.69, 9.17) is 4.74 Å². The predicted molar refractivity (Wildman–Crippen MR) is 69.1 cm³/mol. The van der Waals surface area contributed by atoms with Crippen LogP contribution < -0.4 is 0 Å². The monoisotopic (exact) mass is 294 g/mol. The molecule has 3 heterocycles. The first-order valence-corrected chi connectivity index (χ1v) is 6.74. The summed E-state index contributed by atoms with van der Waals surface area (Å²) in [6, 6.07) is 1.11. The van der Waals surface area contributed by atoms with Crippen LogP contribution in [-0.4, -0.2) is 53.2 Å². The number of aliphatic carboxylic acids is 1. The highest BCUT2D eigenvalue weighted by atomic mass is 19.1. The number of rotatable bonds is 2. The van der Waals surface area contributed by atoms with Crippen molar-refractivity contribution in [1.82, 2.24) is 9.88 Å². The smallest absolute Gasteiger partial charge is 0.311 e. The molecule has 1 N–H and O–H groups in total. The van der Waals surface area contributed by atoms with E-state index < -0.39 is 23.1 Å². The predicted octanol–water partition coefficient (Wildman–Crippen LogP) is 0.784. The molecule has 0 bridgehead atoms. The topological polar surface area (TPSA) is 79.7 Å². The fraction of sp³-hybridized carbons (Fsp3) is 0.500. The second-order valence-corrected chi connectivity index (χ2v) is 5.56. The van der Waals surface area contributed by atoms with Crippen LogP contribution in [0.2, 0.25) is 0 Å². The largest absolute Gasteiger partial charge is 0.481 e. The van der Waals surface area contributed by atoms with E-state index in [1.807, 2.05) is 0 Å². The normalized spacial score (nSPS) is 28.2. The van der Waals surface area contributed by atoms with E-state index >= 15 is 0 Å². The lowest BCUT2D eigenvalue weighted by Gasteiger charge is -2.33. The zero-order valence-corrected chi connectivity index (χ0v) is 11.3. The van der Waals surface area contributed by atoms with Gasteiger partial charge in [0.25, 0.3) is 5.91 Å². The summed E-state index contributed by atoms with van der Waals surface area (Å²) in [5, 5.41) is 9.55. The summed E-state index contributed by atoms with van der Waals surface area (Å²) in [6.45, 7) is 1.15. The molecule has 2 fully saturated rings. The van der Waals surface area contributed by atoms with Crippen LogP contribution >= 0.6 is 0 Å². The van der Waals surface area contributed by atoms with Gasteiger partial charge in [-0.2, -0.15) is 0 Å². The quantitative estimate of drug-likeness (QED) is 0.872. The number of amides is 1. The number of fused-ring (bicyclic) bond motifs is 1. The molecule has 2 saturated heterocycles. The number of carbonyl (C=O) groups is 2. The fourth-order valence-corrected chi connectivity index (χ4v) is 3.17. The first kappa shape index (κ1) is 13.9. The molecular formula is C14H15FN2O4. The highest BCUT2D eigenvalue weighted by molar-refractivity contribution is 5.94. The minimum Gasteiger partial charge on any atom is -0.481 e. The molecule has 0 saturated carbocycles. The standard InChI is InChI=1S/C14H15FN2O4/c15-11-3-9(4-16-5-11)12(18)17-6-10-7-21-2-1-14(10,8-17)13(19)20/h3-5,10H,1-2,6-8H2,(H,19,20)/t10-,14+/m0/s1. The number of carboxylic acid groups (broad SMARTS) is 1. The Morgan fingerprint density at radius 3 is 2.95 bits per heavy atom. The molecule has 0 unspecified atom stereocenters. The van der Waals surface area contributed by atoms with Gasteiger partial charge in [0.05, 0.1) is 23.8 Å². The Morgan fingerprint density at radius 2 is 2.29 bits per heavy atom. The van der Waals surface area contributed by atoms with Gasteiger partial charge in [-0.1, -0.05) is 0 Å². The maximum atomic E-state index is 13.2. The summed E-state index contributed by atoms with van der Waals surface area (Å²) in [5.74, 6) is -2.11. The third kappa shape index (κ3) is 2.27. The van der Waals surface area contributed by atoms with Crippen molar-refractivity contribution in [2.24, 2.45) is 11.3 Å². The van der Waals surface area contributed by atoms with Gasteiger partial charge in [0.15, 0.2) is 0 Å². The van der Waals surface area contributed by atoms with E-state index in [1.165, 1.54) is 11.1 Å². The summed E-state index contributed by atoms with van der Waals surface area (Å²) in [4.78, 5) is 29.2. The van der Waals surface area contributed by atoms with Gasteiger partial charge in [-0.15, -0.1) is 0 Å². The number of hydrogen-bond acceptors (Lipinski definition) is 4. The summed E-state index contributed by atoms with van der Waals surface area (Å²) < 4.78 is 18.5. The Hall–Kier alpha value is -2.02. The van der Waals surface area contributed by atoms with Crippen molar-refractivity contribution in [1.29, 1.82) is 0 Å². The maximum absolute atomic E-state index is 13.2. The van der Waals surface area contributed by atoms with E-state index in [0.717, 1.165) is 12.3 Å². The Labute approximate surface area is 120 Å². The number of likely N-dealkylation sites (tertiary alicyclic amines) is 1. The molecule has 2 aliphatic rings. The van der Waals surface area contributed by atoms with Crippen LogP contribution in [-0.2, 0) is 9.53 Å². The SMILES string of the molecule is O=C(c1cncc(F)c1)N1C[C@H]2COCC[C@@]2(C(=O)O)C1. The number of halogens is 1. The van der Waals surface area contributed by atoms with Crippen molar-refractivity contribution in [2.45, 2.75) is 6.42 Å². The number of pyridine rings is 1. The van der Waals surface area contributed by atoms with Crippen molar-refractivity contribution >= 4 is 11.9 Å². The van der Waals surface area contributed by atoms with Crippen LogP contribution in [0.15, 0.2) is 18.5 Å². The van der Waals surface area contributed by atoms with E-state index in [-0.39, 0.29) is 18.0 Å². The molecule has 1 aromatic rings. The summed E-state index contributed by atoms with van der Waals surface area (Å²) in [7, 11) is 0. The number of hydrogen-bond donors (Lipinski definition) is 1. The van der Waals surface area contributed by atoms with E-state index in [2.05, 4.69) is 4.98 Å². The van der Waals surface area contributed by atoms with E-state index in [0.29, 0.717) is 26.2 Å². The number of aromatic nitrogens is 1. The van der Waals surface area contributed by atoms with Gasteiger partial charge in [-0.25, -0.2) is 4.39 Å². The van der Waals surface area contributed by atoms with E-state index in [1.54, 1.807) is 0 Å². The van der Waals surface area contributed by atoms with Gasteiger partial charge < -0.3 is 14.7 Å². The second kappa shape index (κ2) is 5.07. The average Bonchev–Trinajstić information content (AvgIpc) is 2.87. The Kier molecular flexibility index (Phi) is 3.36. The lowest BCUT2D eigenvalue weighted by molar-refractivity contribution is -0.157. The molecule has 7 heteroatoms. The van der Waals surface area contributed by atoms with Crippen molar-refractivity contribution in [3.8, 4) is 0 Å². The molecule has 0 aromatic carbocycles. The van der Waals surface area contributed by atoms with Crippen LogP contribution in [0.25, 0.3) is 0 Å². The number of carboxylic acids is 1. The number of ether oxygens (including phenoxy) is 1. The van der Waals surface area contributed by atoms with Gasteiger partial charge in [0.1, 0.15) is 5.82 Å². The van der Waals surface area contributed by atoms with Crippen molar-refractivity contribution in [2.75, 3.05) is 26.3 Å². The zero-order valence-electron chi connectivity index (χ0n) is 11.3. The first-order chi connectivity index (χ1) is 10.0. The minimum atomic E-state index is -0.950. The molecule has 2 aliphatic heterocycles. The molecule has 112 valence electrons. The van der Waals surface area contributed by atoms with Crippen LogP contribution in [0.4, 0.5) is 4.39 Å². The number of carbonyl (C=O) groups excluding carboxylic acids is 1. The fourth-order valence-electron chi connectivity index (χ4n) is 3.17. The van der Waals surface area contributed by atoms with Crippen LogP contribution in [0.3, 0.4) is 0 Å². The van der Waals surface area contributed by atoms with Crippen LogP contribution in [0.5, 0.6) is 0 Å².